The van der Waals surface area contributed by atoms with E-state index in [1.807, 2.05) is 18.2 Å². The van der Waals surface area contributed by atoms with Crippen LogP contribution < -0.4 is 5.73 Å². The fourth-order valence-electron chi connectivity index (χ4n) is 2.37. The molecule has 0 amide bonds. The molecule has 0 bridgehead atoms. The Labute approximate surface area is 96.8 Å². The van der Waals surface area contributed by atoms with Gasteiger partial charge in [0.2, 0.25) is 0 Å². The van der Waals surface area contributed by atoms with Gasteiger partial charge in [-0.1, -0.05) is 24.3 Å². The zero-order chi connectivity index (χ0) is 11.5. The van der Waals surface area contributed by atoms with Crippen LogP contribution >= 0.6 is 0 Å². The van der Waals surface area contributed by atoms with Gasteiger partial charge in [0.05, 0.1) is 0 Å². The number of hydrogen-bond acceptors (Lipinski definition) is 2. The molecule has 3 N–H and O–H groups in total. The van der Waals surface area contributed by atoms with Gasteiger partial charge in [-0.05, 0) is 31.9 Å². The standard InChI is InChI=1S/C13H19N3/c1-10-5-4-8-16(10)9-11-6-2-3-7-12(11)13(14)15/h2-3,6-7,10H,4-5,8-9H2,1H3,(H3,14,15). The Hall–Kier alpha value is -1.35. The number of amidine groups is 1. The van der Waals surface area contributed by atoms with E-state index < -0.39 is 0 Å². The van der Waals surface area contributed by atoms with Crippen molar-refractivity contribution in [2.24, 2.45) is 5.73 Å². The molecule has 0 aliphatic carbocycles. The predicted molar refractivity (Wildman–Crippen MR) is 66.6 cm³/mol. The predicted octanol–water partition coefficient (Wildman–Crippen LogP) is 1.95. The Kier molecular flexibility index (Phi) is 3.25. The molecule has 1 aliphatic rings. The largest absolute Gasteiger partial charge is 0.384 e. The minimum atomic E-state index is 0.169. The van der Waals surface area contributed by atoms with E-state index in [1.165, 1.54) is 18.4 Å². The summed E-state index contributed by atoms with van der Waals surface area (Å²) in [6.45, 7) is 4.34. The van der Waals surface area contributed by atoms with E-state index in [0.29, 0.717) is 6.04 Å². The van der Waals surface area contributed by atoms with Gasteiger partial charge < -0.3 is 5.73 Å². The molecule has 0 spiro atoms. The first-order chi connectivity index (χ1) is 7.68. The second-order valence-corrected chi connectivity index (χ2v) is 4.53. The van der Waals surface area contributed by atoms with E-state index in [0.717, 1.165) is 18.7 Å². The van der Waals surface area contributed by atoms with Crippen LogP contribution in [0.25, 0.3) is 0 Å². The third kappa shape index (κ3) is 2.25. The first-order valence-corrected chi connectivity index (χ1v) is 5.85. The molecule has 1 unspecified atom stereocenters. The molecule has 3 heteroatoms. The Morgan fingerprint density at radius 3 is 2.88 bits per heavy atom. The molecule has 1 aliphatic heterocycles. The molecule has 1 fully saturated rings. The third-order valence-electron chi connectivity index (χ3n) is 3.37. The highest BCUT2D eigenvalue weighted by molar-refractivity contribution is 5.96. The quantitative estimate of drug-likeness (QED) is 0.600. The summed E-state index contributed by atoms with van der Waals surface area (Å²) >= 11 is 0. The maximum atomic E-state index is 7.56. The zero-order valence-corrected chi connectivity index (χ0v) is 9.74. The van der Waals surface area contributed by atoms with Gasteiger partial charge in [-0.2, -0.15) is 0 Å². The number of nitrogens with one attached hydrogen (secondary N) is 1. The molecule has 1 heterocycles. The number of hydrogen-bond donors (Lipinski definition) is 2. The normalized spacial score (nSPS) is 21.2. The van der Waals surface area contributed by atoms with Gasteiger partial charge in [-0.3, -0.25) is 10.3 Å². The summed E-state index contributed by atoms with van der Waals surface area (Å²) in [5, 5.41) is 7.56. The van der Waals surface area contributed by atoms with Crippen molar-refractivity contribution >= 4 is 5.84 Å². The van der Waals surface area contributed by atoms with E-state index >= 15 is 0 Å². The van der Waals surface area contributed by atoms with Crippen LogP contribution in [-0.2, 0) is 6.54 Å². The maximum absolute atomic E-state index is 7.56. The topological polar surface area (TPSA) is 53.1 Å². The van der Waals surface area contributed by atoms with Gasteiger partial charge in [-0.25, -0.2) is 0 Å². The summed E-state index contributed by atoms with van der Waals surface area (Å²) < 4.78 is 0. The van der Waals surface area contributed by atoms with Gasteiger partial charge in [0.1, 0.15) is 5.84 Å². The van der Waals surface area contributed by atoms with Crippen LogP contribution in [0.4, 0.5) is 0 Å². The molecular weight excluding hydrogens is 198 g/mol. The highest BCUT2D eigenvalue weighted by atomic mass is 15.2. The number of nitrogens with two attached hydrogens (primary N) is 1. The van der Waals surface area contributed by atoms with E-state index in [4.69, 9.17) is 11.1 Å². The summed E-state index contributed by atoms with van der Waals surface area (Å²) in [5.41, 5.74) is 7.63. The van der Waals surface area contributed by atoms with E-state index in [1.54, 1.807) is 0 Å². The van der Waals surface area contributed by atoms with Gasteiger partial charge in [-0.15, -0.1) is 0 Å². The lowest BCUT2D eigenvalue weighted by Crippen LogP contribution is -2.27. The Balaban J connectivity index is 2.17. The van der Waals surface area contributed by atoms with Crippen LogP contribution in [0.3, 0.4) is 0 Å². The van der Waals surface area contributed by atoms with Crippen molar-refractivity contribution in [2.75, 3.05) is 6.54 Å². The van der Waals surface area contributed by atoms with Crippen molar-refractivity contribution in [1.82, 2.24) is 4.90 Å². The monoisotopic (exact) mass is 217 g/mol. The minimum absolute atomic E-state index is 0.169. The summed E-state index contributed by atoms with van der Waals surface area (Å²) in [6, 6.07) is 8.61. The molecule has 0 radical (unpaired) electrons. The van der Waals surface area contributed by atoms with Crippen LogP contribution in [-0.4, -0.2) is 23.3 Å². The molecular formula is C13H19N3. The third-order valence-corrected chi connectivity index (χ3v) is 3.37. The fraction of sp³-hybridized carbons (Fsp3) is 0.462. The van der Waals surface area contributed by atoms with Crippen LogP contribution in [0.1, 0.15) is 30.9 Å². The zero-order valence-electron chi connectivity index (χ0n) is 9.74. The van der Waals surface area contributed by atoms with E-state index in [2.05, 4.69) is 17.9 Å². The van der Waals surface area contributed by atoms with Gasteiger partial charge in [0, 0.05) is 18.2 Å². The number of nitrogens with zero attached hydrogens (tertiary/aromatic N) is 1. The summed E-state index contributed by atoms with van der Waals surface area (Å²) in [4.78, 5) is 2.46. The first-order valence-electron chi connectivity index (χ1n) is 5.85. The highest BCUT2D eigenvalue weighted by Gasteiger charge is 2.21. The maximum Gasteiger partial charge on any atom is 0.123 e. The van der Waals surface area contributed by atoms with E-state index in [-0.39, 0.29) is 5.84 Å². The van der Waals surface area contributed by atoms with Crippen LogP contribution in [0, 0.1) is 5.41 Å². The SMILES string of the molecule is CC1CCCN1Cc1ccccc1C(=N)N. The van der Waals surface area contributed by atoms with Crippen molar-refractivity contribution in [1.29, 1.82) is 5.41 Å². The second-order valence-electron chi connectivity index (χ2n) is 4.53. The van der Waals surface area contributed by atoms with Crippen LogP contribution in [0.15, 0.2) is 24.3 Å². The lowest BCUT2D eigenvalue weighted by atomic mass is 10.1. The molecule has 1 aromatic carbocycles. The number of benzene rings is 1. The lowest BCUT2D eigenvalue weighted by Gasteiger charge is -2.22. The van der Waals surface area contributed by atoms with Crippen molar-refractivity contribution in [3.05, 3.63) is 35.4 Å². The van der Waals surface area contributed by atoms with Crippen molar-refractivity contribution < 1.29 is 0 Å². The lowest BCUT2D eigenvalue weighted by molar-refractivity contribution is 0.260. The average Bonchev–Trinajstić information content (AvgIpc) is 2.65. The van der Waals surface area contributed by atoms with Gasteiger partial charge >= 0.3 is 0 Å². The molecule has 2 rings (SSSR count). The second kappa shape index (κ2) is 4.66. The fourth-order valence-corrected chi connectivity index (χ4v) is 2.37. The molecule has 0 aromatic heterocycles. The van der Waals surface area contributed by atoms with Crippen molar-refractivity contribution in [2.45, 2.75) is 32.4 Å². The summed E-state index contributed by atoms with van der Waals surface area (Å²) in [6.07, 6.45) is 2.56. The minimum Gasteiger partial charge on any atom is -0.384 e. The Morgan fingerprint density at radius 2 is 2.25 bits per heavy atom. The van der Waals surface area contributed by atoms with Crippen molar-refractivity contribution in [3.63, 3.8) is 0 Å². The summed E-state index contributed by atoms with van der Waals surface area (Å²) in [7, 11) is 0. The number of nitrogen functional groups attached to an aromatic ring is 1. The molecule has 3 nitrogen and oxygen atoms in total. The highest BCUT2D eigenvalue weighted by Crippen LogP contribution is 2.20. The molecule has 0 saturated carbocycles. The first kappa shape index (κ1) is 11.1. The molecule has 1 saturated heterocycles. The van der Waals surface area contributed by atoms with Gasteiger partial charge in [0.25, 0.3) is 0 Å². The molecule has 1 aromatic rings. The van der Waals surface area contributed by atoms with E-state index in [9.17, 15) is 0 Å². The van der Waals surface area contributed by atoms with Crippen LogP contribution in [0.5, 0.6) is 0 Å². The molecule has 16 heavy (non-hydrogen) atoms. The Bertz CT molecular complexity index is 387. The molecule has 86 valence electrons. The smallest absolute Gasteiger partial charge is 0.123 e. The average molecular weight is 217 g/mol. The van der Waals surface area contributed by atoms with Gasteiger partial charge in [0.15, 0.2) is 0 Å². The number of likely N-dealkylation sites (tertiary alicyclic amines) is 1. The Morgan fingerprint density at radius 1 is 1.50 bits per heavy atom. The molecule has 1 atom stereocenters. The van der Waals surface area contributed by atoms with Crippen LogP contribution in [0.2, 0.25) is 0 Å². The van der Waals surface area contributed by atoms with Crippen molar-refractivity contribution in [3.8, 4) is 0 Å². The number of rotatable bonds is 3. The summed E-state index contributed by atoms with van der Waals surface area (Å²) in [5.74, 6) is 0.169.